The van der Waals surface area contributed by atoms with E-state index >= 15 is 0 Å². The molecule has 0 unspecified atom stereocenters. The van der Waals surface area contributed by atoms with E-state index in [0.717, 1.165) is 12.1 Å². The normalized spacial score (nSPS) is 14.3. The van der Waals surface area contributed by atoms with E-state index in [2.05, 4.69) is 0 Å². The third-order valence-corrected chi connectivity index (χ3v) is 5.48. The standard InChI is InChI=1S/C24H25F3N2O5/c1-32-19-15-21(34-3)20(33-2)14-17(19)6-9-22(30)28-10-12-29(13-11-28)23(31)16-4-7-18(8-5-16)24(25,26)27/h4-9,14-15H,10-13H2,1-3H3/b9-6+. The van der Waals surface area contributed by atoms with E-state index in [1.807, 2.05) is 0 Å². The topological polar surface area (TPSA) is 68.3 Å². The number of amides is 2. The molecule has 0 spiro atoms. The third-order valence-electron chi connectivity index (χ3n) is 5.48. The van der Waals surface area contributed by atoms with E-state index < -0.39 is 11.7 Å². The third kappa shape index (κ3) is 5.62. The van der Waals surface area contributed by atoms with Gasteiger partial charge in [-0.3, -0.25) is 9.59 Å². The van der Waals surface area contributed by atoms with Crippen molar-refractivity contribution in [1.82, 2.24) is 9.80 Å². The van der Waals surface area contributed by atoms with E-state index in [1.165, 1.54) is 44.4 Å². The first-order chi connectivity index (χ1) is 16.2. The molecule has 0 N–H and O–H groups in total. The largest absolute Gasteiger partial charge is 0.496 e. The van der Waals surface area contributed by atoms with Gasteiger partial charge >= 0.3 is 6.18 Å². The number of carbonyl (C=O) groups excluding carboxylic acids is 2. The van der Waals surface area contributed by atoms with Crippen LogP contribution in [0.2, 0.25) is 0 Å². The molecule has 1 aliphatic rings. The summed E-state index contributed by atoms with van der Waals surface area (Å²) in [4.78, 5) is 28.4. The van der Waals surface area contributed by atoms with Gasteiger partial charge in [0.15, 0.2) is 11.5 Å². The van der Waals surface area contributed by atoms with Gasteiger partial charge in [-0.15, -0.1) is 0 Å². The summed E-state index contributed by atoms with van der Waals surface area (Å²) in [6, 6.07) is 7.47. The molecule has 0 aromatic heterocycles. The fourth-order valence-corrected chi connectivity index (χ4v) is 3.56. The van der Waals surface area contributed by atoms with Crippen molar-refractivity contribution in [3.63, 3.8) is 0 Å². The van der Waals surface area contributed by atoms with Crippen LogP contribution in [0.4, 0.5) is 13.2 Å². The van der Waals surface area contributed by atoms with Crippen LogP contribution < -0.4 is 14.2 Å². The number of hydrogen-bond acceptors (Lipinski definition) is 5. The monoisotopic (exact) mass is 478 g/mol. The second kappa shape index (κ2) is 10.5. The highest BCUT2D eigenvalue weighted by Crippen LogP contribution is 2.35. The lowest BCUT2D eigenvalue weighted by atomic mass is 10.1. The lowest BCUT2D eigenvalue weighted by molar-refractivity contribution is -0.137. The minimum atomic E-state index is -4.46. The molecule has 1 heterocycles. The molecule has 7 nitrogen and oxygen atoms in total. The SMILES string of the molecule is COc1cc(OC)c(OC)cc1/C=C/C(=O)N1CCN(C(=O)c2ccc(C(F)(F)F)cc2)CC1. The molecule has 1 fully saturated rings. The van der Waals surface area contributed by atoms with Crippen LogP contribution in [0, 0.1) is 0 Å². The molecule has 2 aromatic carbocycles. The lowest BCUT2D eigenvalue weighted by Gasteiger charge is -2.34. The van der Waals surface area contributed by atoms with E-state index in [1.54, 1.807) is 23.1 Å². The number of benzene rings is 2. The summed E-state index contributed by atoms with van der Waals surface area (Å²) in [5.41, 5.74) is -0.00444. The number of ether oxygens (including phenoxy) is 3. The molecule has 0 radical (unpaired) electrons. The summed E-state index contributed by atoms with van der Waals surface area (Å²) in [5.74, 6) is 0.890. The van der Waals surface area contributed by atoms with Crippen LogP contribution in [0.1, 0.15) is 21.5 Å². The Kier molecular flexibility index (Phi) is 7.70. The maximum Gasteiger partial charge on any atom is 0.416 e. The molecule has 182 valence electrons. The molecule has 10 heteroatoms. The van der Waals surface area contributed by atoms with Crippen LogP contribution in [0.15, 0.2) is 42.5 Å². The fraction of sp³-hybridized carbons (Fsp3) is 0.333. The Morgan fingerprint density at radius 1 is 0.824 bits per heavy atom. The quantitative estimate of drug-likeness (QED) is 0.592. The van der Waals surface area contributed by atoms with E-state index in [9.17, 15) is 22.8 Å². The predicted molar refractivity (Wildman–Crippen MR) is 119 cm³/mol. The second-order valence-corrected chi connectivity index (χ2v) is 7.48. The summed E-state index contributed by atoms with van der Waals surface area (Å²) >= 11 is 0. The van der Waals surface area contributed by atoms with Gasteiger partial charge in [0, 0.05) is 49.4 Å². The number of alkyl halides is 3. The van der Waals surface area contributed by atoms with Gasteiger partial charge in [0.2, 0.25) is 5.91 Å². The predicted octanol–water partition coefficient (Wildman–Crippen LogP) is 3.73. The van der Waals surface area contributed by atoms with Crippen LogP contribution in [0.5, 0.6) is 17.2 Å². The van der Waals surface area contributed by atoms with Gasteiger partial charge in [-0.05, 0) is 36.4 Å². The van der Waals surface area contributed by atoms with E-state index in [0.29, 0.717) is 35.9 Å². The van der Waals surface area contributed by atoms with Crippen molar-refractivity contribution in [1.29, 1.82) is 0 Å². The van der Waals surface area contributed by atoms with Crippen LogP contribution >= 0.6 is 0 Å². The Bertz CT molecular complexity index is 1060. The molecule has 34 heavy (non-hydrogen) atoms. The Labute approximate surface area is 195 Å². The Morgan fingerprint density at radius 3 is 1.88 bits per heavy atom. The Balaban J connectivity index is 1.61. The number of carbonyl (C=O) groups is 2. The fourth-order valence-electron chi connectivity index (χ4n) is 3.56. The number of piperazine rings is 1. The first-order valence-corrected chi connectivity index (χ1v) is 10.4. The van der Waals surface area contributed by atoms with Gasteiger partial charge in [-0.1, -0.05) is 0 Å². The molecule has 0 aliphatic carbocycles. The minimum absolute atomic E-state index is 0.174. The van der Waals surface area contributed by atoms with Gasteiger partial charge in [0.05, 0.1) is 26.9 Å². The molecule has 2 aromatic rings. The minimum Gasteiger partial charge on any atom is -0.496 e. The maximum absolute atomic E-state index is 12.7. The molecule has 1 saturated heterocycles. The highest BCUT2D eigenvalue weighted by atomic mass is 19.4. The van der Waals surface area contributed by atoms with Crippen molar-refractivity contribution in [3.05, 3.63) is 59.2 Å². The molecular weight excluding hydrogens is 453 g/mol. The smallest absolute Gasteiger partial charge is 0.416 e. The molecule has 1 aliphatic heterocycles. The average Bonchev–Trinajstić information content (AvgIpc) is 2.85. The zero-order valence-corrected chi connectivity index (χ0v) is 19.0. The number of rotatable bonds is 6. The average molecular weight is 478 g/mol. The summed E-state index contributed by atoms with van der Waals surface area (Å²) in [5, 5.41) is 0. The molecular formula is C24H25F3N2O5. The number of methoxy groups -OCH3 is 3. The van der Waals surface area contributed by atoms with Crippen LogP contribution in [-0.4, -0.2) is 69.1 Å². The van der Waals surface area contributed by atoms with Crippen molar-refractivity contribution < 1.29 is 37.0 Å². The highest BCUT2D eigenvalue weighted by Gasteiger charge is 2.31. The Morgan fingerprint density at radius 2 is 1.35 bits per heavy atom. The van der Waals surface area contributed by atoms with Crippen molar-refractivity contribution in [2.24, 2.45) is 0 Å². The second-order valence-electron chi connectivity index (χ2n) is 7.48. The summed E-state index contributed by atoms with van der Waals surface area (Å²) in [6.45, 7) is 1.16. The van der Waals surface area contributed by atoms with Crippen molar-refractivity contribution in [3.8, 4) is 17.2 Å². The van der Waals surface area contributed by atoms with Gasteiger partial charge in [-0.2, -0.15) is 13.2 Å². The first kappa shape index (κ1) is 24.9. The molecule has 3 rings (SSSR count). The van der Waals surface area contributed by atoms with Gasteiger partial charge in [-0.25, -0.2) is 0 Å². The summed E-state index contributed by atoms with van der Waals surface area (Å²) in [7, 11) is 4.53. The summed E-state index contributed by atoms with van der Waals surface area (Å²) < 4.78 is 54.1. The molecule has 0 atom stereocenters. The number of hydrogen-bond donors (Lipinski definition) is 0. The highest BCUT2D eigenvalue weighted by molar-refractivity contribution is 5.95. The van der Waals surface area contributed by atoms with Gasteiger partial charge in [0.25, 0.3) is 5.91 Å². The van der Waals surface area contributed by atoms with Crippen LogP contribution in [0.3, 0.4) is 0 Å². The zero-order chi connectivity index (χ0) is 24.9. The van der Waals surface area contributed by atoms with Crippen LogP contribution in [0.25, 0.3) is 6.08 Å². The Hall–Kier alpha value is -3.69. The van der Waals surface area contributed by atoms with Crippen molar-refractivity contribution in [2.75, 3.05) is 47.5 Å². The number of nitrogens with zero attached hydrogens (tertiary/aromatic N) is 2. The lowest BCUT2D eigenvalue weighted by Crippen LogP contribution is -2.50. The van der Waals surface area contributed by atoms with Gasteiger partial charge in [0.1, 0.15) is 5.75 Å². The van der Waals surface area contributed by atoms with E-state index in [4.69, 9.17) is 14.2 Å². The van der Waals surface area contributed by atoms with Crippen LogP contribution in [-0.2, 0) is 11.0 Å². The zero-order valence-electron chi connectivity index (χ0n) is 19.0. The van der Waals surface area contributed by atoms with Crippen molar-refractivity contribution in [2.45, 2.75) is 6.18 Å². The van der Waals surface area contributed by atoms with Crippen molar-refractivity contribution >= 4 is 17.9 Å². The van der Waals surface area contributed by atoms with Gasteiger partial charge < -0.3 is 24.0 Å². The molecule has 0 saturated carbocycles. The first-order valence-electron chi connectivity index (χ1n) is 10.4. The summed E-state index contributed by atoms with van der Waals surface area (Å²) in [6.07, 6.45) is -1.43. The van der Waals surface area contributed by atoms with E-state index in [-0.39, 0.29) is 30.5 Å². The number of halogens is 3. The molecule has 2 amide bonds. The maximum atomic E-state index is 12.7. The molecule has 0 bridgehead atoms.